The molecule has 0 radical (unpaired) electrons. The molecule has 0 unspecified atom stereocenters. The Morgan fingerprint density at radius 1 is 1.26 bits per heavy atom. The fraction of sp³-hybridized carbons (Fsp3) is 0.409. The summed E-state index contributed by atoms with van der Waals surface area (Å²) in [5.41, 5.74) is 1.72. The third-order valence-corrected chi connectivity index (χ3v) is 6.59. The average Bonchev–Trinajstić information content (AvgIpc) is 3.54. The maximum absolute atomic E-state index is 13.8. The van der Waals surface area contributed by atoms with Crippen LogP contribution in [-0.2, 0) is 25.4 Å². The lowest BCUT2D eigenvalue weighted by molar-refractivity contribution is -0.136. The van der Waals surface area contributed by atoms with E-state index in [1.165, 1.54) is 0 Å². The van der Waals surface area contributed by atoms with Crippen LogP contribution in [0.2, 0.25) is 0 Å². The molecule has 2 aliphatic rings. The lowest BCUT2D eigenvalue weighted by atomic mass is 9.75. The van der Waals surface area contributed by atoms with E-state index in [1.54, 1.807) is 47.6 Å². The zero-order valence-electron chi connectivity index (χ0n) is 17.7. The van der Waals surface area contributed by atoms with Crippen molar-refractivity contribution < 1.29 is 9.59 Å². The number of carbonyl (C=O) groups is 2. The molecule has 1 spiro atoms. The van der Waals surface area contributed by atoms with Crippen LogP contribution in [0, 0.1) is 5.41 Å². The van der Waals surface area contributed by atoms with Gasteiger partial charge < -0.3 is 14.4 Å². The Morgan fingerprint density at radius 3 is 2.81 bits per heavy atom. The molecule has 0 saturated carbocycles. The number of hydrogen-bond acceptors (Lipinski definition) is 5. The van der Waals surface area contributed by atoms with Crippen LogP contribution < -0.4 is 0 Å². The number of pyridine rings is 1. The van der Waals surface area contributed by atoms with Crippen molar-refractivity contribution in [3.8, 4) is 0 Å². The first-order chi connectivity index (χ1) is 15.0. The summed E-state index contributed by atoms with van der Waals surface area (Å²) in [5, 5.41) is 4.12. The monoisotopic (exact) mass is 419 g/mol. The summed E-state index contributed by atoms with van der Waals surface area (Å²) in [7, 11) is 3.67. The van der Waals surface area contributed by atoms with Gasteiger partial charge >= 0.3 is 0 Å². The normalized spacial score (nSPS) is 23.3. The van der Waals surface area contributed by atoms with Gasteiger partial charge in [0.25, 0.3) is 5.91 Å². The van der Waals surface area contributed by atoms with Gasteiger partial charge in [0.05, 0.1) is 17.4 Å². The number of likely N-dealkylation sites (tertiary alicyclic amines) is 2. The number of hydrogen-bond donors (Lipinski definition) is 0. The summed E-state index contributed by atoms with van der Waals surface area (Å²) < 4.78 is 3.47. The van der Waals surface area contributed by atoms with Crippen LogP contribution in [0.5, 0.6) is 0 Å². The van der Waals surface area contributed by atoms with Gasteiger partial charge in [0.1, 0.15) is 5.69 Å². The van der Waals surface area contributed by atoms with Crippen LogP contribution >= 0.6 is 0 Å². The van der Waals surface area contributed by atoms with Crippen molar-refractivity contribution in [2.24, 2.45) is 19.5 Å². The first-order valence-electron chi connectivity index (χ1n) is 10.4. The number of imidazole rings is 1. The van der Waals surface area contributed by atoms with Crippen LogP contribution in [0.3, 0.4) is 0 Å². The summed E-state index contributed by atoms with van der Waals surface area (Å²) >= 11 is 0. The zero-order valence-corrected chi connectivity index (χ0v) is 17.7. The molecule has 2 fully saturated rings. The van der Waals surface area contributed by atoms with Gasteiger partial charge in [-0.1, -0.05) is 6.07 Å². The highest BCUT2D eigenvalue weighted by Gasteiger charge is 2.58. The van der Waals surface area contributed by atoms with Crippen molar-refractivity contribution in [2.75, 3.05) is 19.6 Å². The molecule has 9 nitrogen and oxygen atoms in total. The van der Waals surface area contributed by atoms with E-state index in [2.05, 4.69) is 15.1 Å². The molecule has 160 valence electrons. The van der Waals surface area contributed by atoms with Gasteiger partial charge in [0.2, 0.25) is 5.91 Å². The lowest BCUT2D eigenvalue weighted by Crippen LogP contribution is -2.40. The van der Waals surface area contributed by atoms with Gasteiger partial charge in [-0.2, -0.15) is 5.10 Å². The predicted molar refractivity (Wildman–Crippen MR) is 112 cm³/mol. The van der Waals surface area contributed by atoms with Gasteiger partial charge in [0, 0.05) is 71.0 Å². The molecule has 3 aromatic heterocycles. The molecule has 9 heteroatoms. The topological polar surface area (TPSA) is 89.2 Å². The second kappa shape index (κ2) is 7.33. The minimum Gasteiger partial charge on any atom is -0.340 e. The van der Waals surface area contributed by atoms with Crippen molar-refractivity contribution in [1.82, 2.24) is 34.1 Å². The summed E-state index contributed by atoms with van der Waals surface area (Å²) in [6.45, 7) is 2.04. The predicted octanol–water partition coefficient (Wildman–Crippen LogP) is 1.21. The molecule has 0 bridgehead atoms. The van der Waals surface area contributed by atoms with Crippen molar-refractivity contribution in [3.05, 3.63) is 66.3 Å². The molecule has 2 aliphatic heterocycles. The van der Waals surface area contributed by atoms with Crippen LogP contribution in [0.25, 0.3) is 0 Å². The van der Waals surface area contributed by atoms with Gasteiger partial charge in [-0.25, -0.2) is 4.98 Å². The number of carbonyl (C=O) groups excluding carboxylic acids is 2. The molecular formula is C22H25N7O2. The summed E-state index contributed by atoms with van der Waals surface area (Å²) in [6.07, 6.45) is 9.55. The zero-order chi connectivity index (χ0) is 21.6. The van der Waals surface area contributed by atoms with E-state index in [4.69, 9.17) is 0 Å². The SMILES string of the molecule is Cn1cnc([C@@H]2CN(C(=O)c3ccnn3C)C[C@]23CCN(Cc2cccnc2)C3=O)c1. The minimum atomic E-state index is -0.662. The standard InChI is InChI=1S/C22H25N7O2/c1-26-13-18(24-15-26)17-12-29(20(30)19-5-8-25-27(19)2)14-22(17)6-9-28(21(22)31)11-16-4-3-7-23-10-16/h3-5,7-8,10,13,15,17H,6,9,11-12,14H2,1-2H3/t17-,22+/m0/s1. The van der Waals surface area contributed by atoms with Crippen molar-refractivity contribution in [1.29, 1.82) is 0 Å². The number of aryl methyl sites for hydroxylation is 2. The third-order valence-electron chi connectivity index (χ3n) is 6.59. The molecular weight excluding hydrogens is 394 g/mol. The van der Waals surface area contributed by atoms with E-state index in [1.807, 2.05) is 34.8 Å². The van der Waals surface area contributed by atoms with E-state index >= 15 is 0 Å². The summed E-state index contributed by atoms with van der Waals surface area (Å²) in [4.78, 5) is 39.4. The molecule has 5 rings (SSSR count). The highest BCUT2D eigenvalue weighted by molar-refractivity contribution is 5.95. The molecule has 0 N–H and O–H groups in total. The Labute approximate surface area is 180 Å². The van der Waals surface area contributed by atoms with Gasteiger partial charge in [-0.05, 0) is 24.1 Å². The van der Waals surface area contributed by atoms with E-state index in [0.29, 0.717) is 38.3 Å². The second-order valence-electron chi connectivity index (χ2n) is 8.54. The minimum absolute atomic E-state index is 0.0901. The highest BCUT2D eigenvalue weighted by atomic mass is 16.2. The summed E-state index contributed by atoms with van der Waals surface area (Å²) in [6, 6.07) is 5.58. The Kier molecular flexibility index (Phi) is 4.60. The van der Waals surface area contributed by atoms with Crippen molar-refractivity contribution >= 4 is 11.8 Å². The molecule has 31 heavy (non-hydrogen) atoms. The molecule has 2 amide bonds. The number of aromatic nitrogens is 5. The van der Waals surface area contributed by atoms with Gasteiger partial charge in [-0.15, -0.1) is 0 Å². The average molecular weight is 419 g/mol. The fourth-order valence-corrected chi connectivity index (χ4v) is 4.99. The van der Waals surface area contributed by atoms with E-state index in [0.717, 1.165) is 11.3 Å². The van der Waals surface area contributed by atoms with Crippen LogP contribution in [0.15, 0.2) is 49.3 Å². The molecule has 5 heterocycles. The van der Waals surface area contributed by atoms with Crippen molar-refractivity contribution in [3.63, 3.8) is 0 Å². The maximum atomic E-state index is 13.8. The first kappa shape index (κ1) is 19.5. The van der Waals surface area contributed by atoms with E-state index < -0.39 is 5.41 Å². The maximum Gasteiger partial charge on any atom is 0.272 e. The molecule has 2 saturated heterocycles. The van der Waals surface area contributed by atoms with Crippen LogP contribution in [0.1, 0.15) is 34.1 Å². The highest BCUT2D eigenvalue weighted by Crippen LogP contribution is 2.50. The largest absolute Gasteiger partial charge is 0.340 e. The Bertz CT molecular complexity index is 1120. The first-order valence-corrected chi connectivity index (χ1v) is 10.4. The van der Waals surface area contributed by atoms with Crippen LogP contribution in [0.4, 0.5) is 0 Å². The second-order valence-corrected chi connectivity index (χ2v) is 8.54. The number of rotatable bonds is 4. The molecule has 0 aromatic carbocycles. The summed E-state index contributed by atoms with van der Waals surface area (Å²) in [5.74, 6) is -0.152. The Balaban J connectivity index is 1.46. The number of nitrogens with zero attached hydrogens (tertiary/aromatic N) is 7. The third kappa shape index (κ3) is 3.20. The van der Waals surface area contributed by atoms with Gasteiger partial charge in [0.15, 0.2) is 0 Å². The Morgan fingerprint density at radius 2 is 2.13 bits per heavy atom. The molecule has 0 aliphatic carbocycles. The van der Waals surface area contributed by atoms with E-state index in [9.17, 15) is 9.59 Å². The smallest absolute Gasteiger partial charge is 0.272 e. The van der Waals surface area contributed by atoms with Gasteiger partial charge in [-0.3, -0.25) is 19.3 Å². The lowest BCUT2D eigenvalue weighted by Gasteiger charge is -2.27. The quantitative estimate of drug-likeness (QED) is 0.634. The van der Waals surface area contributed by atoms with Crippen molar-refractivity contribution in [2.45, 2.75) is 18.9 Å². The molecule has 2 atom stereocenters. The fourth-order valence-electron chi connectivity index (χ4n) is 4.99. The Hall–Kier alpha value is -3.49. The van der Waals surface area contributed by atoms with Crippen LogP contribution in [-0.4, -0.2) is 65.6 Å². The number of amides is 2. The molecule has 3 aromatic rings. The van der Waals surface area contributed by atoms with E-state index in [-0.39, 0.29) is 17.7 Å².